The van der Waals surface area contributed by atoms with Gasteiger partial charge in [0.05, 0.1) is 5.84 Å². The van der Waals surface area contributed by atoms with Gasteiger partial charge >= 0.3 is 0 Å². The smallest absolute Gasteiger partial charge is 0.0981 e. The summed E-state index contributed by atoms with van der Waals surface area (Å²) in [5, 5.41) is 7.83. The van der Waals surface area contributed by atoms with Crippen molar-refractivity contribution in [2.45, 2.75) is 26.7 Å². The average molecular weight is 197 g/mol. The lowest BCUT2D eigenvalue weighted by Gasteiger charge is -2.25. The van der Waals surface area contributed by atoms with E-state index in [1.165, 1.54) is 25.9 Å². The highest BCUT2D eigenvalue weighted by Crippen LogP contribution is 2.07. The van der Waals surface area contributed by atoms with Gasteiger partial charge in [-0.05, 0) is 25.9 Å². The van der Waals surface area contributed by atoms with Crippen molar-refractivity contribution in [2.75, 3.05) is 33.2 Å². The van der Waals surface area contributed by atoms with Gasteiger partial charge in [0.25, 0.3) is 0 Å². The first-order chi connectivity index (χ1) is 6.61. The third-order valence-electron chi connectivity index (χ3n) is 2.91. The molecule has 0 unspecified atom stereocenters. The van der Waals surface area contributed by atoms with Gasteiger partial charge in [-0.25, -0.2) is 0 Å². The zero-order chi connectivity index (χ0) is 10.6. The fourth-order valence-corrected chi connectivity index (χ4v) is 1.86. The van der Waals surface area contributed by atoms with Gasteiger partial charge in [0.15, 0.2) is 0 Å². The molecule has 1 aliphatic rings. The molecule has 0 radical (unpaired) electrons. The number of hydrogen-bond donors (Lipinski definition) is 1. The topological polar surface area (TPSA) is 30.3 Å². The molecule has 1 fully saturated rings. The lowest BCUT2D eigenvalue weighted by molar-refractivity contribution is 0.303. The molecule has 14 heavy (non-hydrogen) atoms. The van der Waals surface area contributed by atoms with Crippen LogP contribution in [0, 0.1) is 11.3 Å². The Morgan fingerprint density at radius 1 is 1.36 bits per heavy atom. The van der Waals surface area contributed by atoms with Crippen molar-refractivity contribution in [1.82, 2.24) is 9.80 Å². The number of nitrogens with zero attached hydrogens (tertiary/aromatic N) is 2. The number of amidine groups is 1. The fraction of sp³-hybridized carbons (Fsp3) is 0.909. The van der Waals surface area contributed by atoms with E-state index in [4.69, 9.17) is 5.41 Å². The van der Waals surface area contributed by atoms with Gasteiger partial charge in [-0.3, -0.25) is 5.41 Å². The van der Waals surface area contributed by atoms with E-state index in [0.717, 1.165) is 18.9 Å². The van der Waals surface area contributed by atoms with E-state index in [9.17, 15) is 0 Å². The summed E-state index contributed by atoms with van der Waals surface area (Å²) in [6.07, 6.45) is 2.71. The molecule has 0 aliphatic carbocycles. The molecule has 1 aliphatic heterocycles. The van der Waals surface area contributed by atoms with Crippen LogP contribution < -0.4 is 0 Å². The Balaban J connectivity index is 2.19. The third-order valence-corrected chi connectivity index (χ3v) is 2.91. The number of likely N-dealkylation sites (N-methyl/N-ethyl adjacent to an activating group) is 1. The Bertz CT molecular complexity index is 183. The number of hydrogen-bond acceptors (Lipinski definition) is 2. The summed E-state index contributed by atoms with van der Waals surface area (Å²) in [7, 11) is 2.03. The average Bonchev–Trinajstić information content (AvgIpc) is 2.65. The largest absolute Gasteiger partial charge is 0.362 e. The standard InChI is InChI=1S/C11H23N3/c1-10(2)11(12)13(3)8-9-14-6-4-5-7-14/h10,12H,4-9H2,1-3H3. The van der Waals surface area contributed by atoms with Gasteiger partial charge in [0, 0.05) is 26.1 Å². The second-order valence-corrected chi connectivity index (χ2v) is 4.51. The van der Waals surface area contributed by atoms with Crippen LogP contribution in [0.15, 0.2) is 0 Å². The first kappa shape index (κ1) is 11.5. The van der Waals surface area contributed by atoms with Crippen molar-refractivity contribution in [3.8, 4) is 0 Å². The van der Waals surface area contributed by atoms with Gasteiger partial charge in [-0.2, -0.15) is 0 Å². The summed E-state index contributed by atoms with van der Waals surface area (Å²) in [4.78, 5) is 4.56. The molecule has 82 valence electrons. The highest BCUT2D eigenvalue weighted by Gasteiger charge is 2.13. The quantitative estimate of drug-likeness (QED) is 0.548. The van der Waals surface area contributed by atoms with E-state index in [1.807, 2.05) is 7.05 Å². The van der Waals surface area contributed by atoms with Crippen LogP contribution in [0.3, 0.4) is 0 Å². The first-order valence-electron chi connectivity index (χ1n) is 5.63. The van der Waals surface area contributed by atoms with Crippen molar-refractivity contribution in [3.63, 3.8) is 0 Å². The summed E-state index contributed by atoms with van der Waals surface area (Å²) in [5.74, 6) is 1.10. The van der Waals surface area contributed by atoms with Crippen LogP contribution in [0.25, 0.3) is 0 Å². The van der Waals surface area contributed by atoms with E-state index in [2.05, 4.69) is 23.6 Å². The monoisotopic (exact) mass is 197 g/mol. The van der Waals surface area contributed by atoms with Gasteiger partial charge in [-0.15, -0.1) is 0 Å². The van der Waals surface area contributed by atoms with Crippen LogP contribution in [0.2, 0.25) is 0 Å². The van der Waals surface area contributed by atoms with Crippen LogP contribution in [0.4, 0.5) is 0 Å². The molecule has 1 heterocycles. The molecule has 0 spiro atoms. The molecular weight excluding hydrogens is 174 g/mol. The molecule has 3 heteroatoms. The molecular formula is C11H23N3. The number of nitrogens with one attached hydrogen (secondary N) is 1. The van der Waals surface area contributed by atoms with E-state index in [-0.39, 0.29) is 0 Å². The van der Waals surface area contributed by atoms with E-state index in [0.29, 0.717) is 5.92 Å². The van der Waals surface area contributed by atoms with E-state index in [1.54, 1.807) is 0 Å². The Hall–Kier alpha value is -0.570. The van der Waals surface area contributed by atoms with Crippen LogP contribution in [0.5, 0.6) is 0 Å². The lowest BCUT2D eigenvalue weighted by Crippen LogP contribution is -2.36. The summed E-state index contributed by atoms with van der Waals surface area (Å²) < 4.78 is 0. The molecule has 0 aromatic carbocycles. The number of rotatable bonds is 4. The van der Waals surface area contributed by atoms with Crippen molar-refractivity contribution >= 4 is 5.84 Å². The first-order valence-corrected chi connectivity index (χ1v) is 5.63. The minimum Gasteiger partial charge on any atom is -0.362 e. The Morgan fingerprint density at radius 2 is 1.93 bits per heavy atom. The maximum absolute atomic E-state index is 7.83. The molecule has 3 nitrogen and oxygen atoms in total. The molecule has 0 aromatic heterocycles. The van der Waals surface area contributed by atoms with Crippen molar-refractivity contribution < 1.29 is 0 Å². The van der Waals surface area contributed by atoms with Gasteiger partial charge < -0.3 is 9.80 Å². The zero-order valence-corrected chi connectivity index (χ0v) is 9.71. The fourth-order valence-electron chi connectivity index (χ4n) is 1.86. The van der Waals surface area contributed by atoms with Gasteiger partial charge in [0.2, 0.25) is 0 Å². The second kappa shape index (κ2) is 5.35. The molecule has 0 bridgehead atoms. The molecule has 1 rings (SSSR count). The molecule has 1 N–H and O–H groups in total. The highest BCUT2D eigenvalue weighted by molar-refractivity contribution is 5.80. The minimum absolute atomic E-state index is 0.346. The Labute approximate surface area is 87.6 Å². The maximum Gasteiger partial charge on any atom is 0.0981 e. The van der Waals surface area contributed by atoms with Crippen molar-refractivity contribution in [1.29, 1.82) is 5.41 Å². The summed E-state index contributed by atoms with van der Waals surface area (Å²) in [5.41, 5.74) is 0. The van der Waals surface area contributed by atoms with E-state index < -0.39 is 0 Å². The second-order valence-electron chi connectivity index (χ2n) is 4.51. The van der Waals surface area contributed by atoms with Crippen molar-refractivity contribution in [2.24, 2.45) is 5.92 Å². The summed E-state index contributed by atoms with van der Waals surface area (Å²) in [6.45, 7) is 8.78. The number of likely N-dealkylation sites (tertiary alicyclic amines) is 1. The normalized spacial score (nSPS) is 17.7. The van der Waals surface area contributed by atoms with E-state index >= 15 is 0 Å². The zero-order valence-electron chi connectivity index (χ0n) is 9.71. The Morgan fingerprint density at radius 3 is 2.43 bits per heavy atom. The van der Waals surface area contributed by atoms with Crippen LogP contribution in [-0.2, 0) is 0 Å². The molecule has 0 amide bonds. The highest BCUT2D eigenvalue weighted by atomic mass is 15.2. The van der Waals surface area contributed by atoms with Gasteiger partial charge in [-0.1, -0.05) is 13.8 Å². The van der Waals surface area contributed by atoms with Crippen LogP contribution in [0.1, 0.15) is 26.7 Å². The molecule has 0 saturated carbocycles. The molecule has 1 saturated heterocycles. The summed E-state index contributed by atoms with van der Waals surface area (Å²) >= 11 is 0. The third kappa shape index (κ3) is 3.29. The minimum atomic E-state index is 0.346. The van der Waals surface area contributed by atoms with Gasteiger partial charge in [0.1, 0.15) is 0 Å². The van der Waals surface area contributed by atoms with Crippen LogP contribution in [-0.4, -0.2) is 48.9 Å². The van der Waals surface area contributed by atoms with Crippen molar-refractivity contribution in [3.05, 3.63) is 0 Å². The SMILES string of the molecule is CC(C)C(=N)N(C)CCN1CCCC1. The Kier molecular flexibility index (Phi) is 4.39. The predicted octanol–water partition coefficient (Wildman–Crippen LogP) is 1.65. The molecule has 0 aromatic rings. The summed E-state index contributed by atoms with van der Waals surface area (Å²) in [6, 6.07) is 0. The van der Waals surface area contributed by atoms with Crippen LogP contribution >= 0.6 is 0 Å². The predicted molar refractivity (Wildman–Crippen MR) is 60.9 cm³/mol. The molecule has 0 atom stereocenters. The lowest BCUT2D eigenvalue weighted by atomic mass is 10.2. The maximum atomic E-state index is 7.83.